The van der Waals surface area contributed by atoms with Crippen LogP contribution < -0.4 is 5.32 Å². The maximum Gasteiger partial charge on any atom is 0.220 e. The van der Waals surface area contributed by atoms with Gasteiger partial charge in [-0.1, -0.05) is 71.6 Å². The fourth-order valence-corrected chi connectivity index (χ4v) is 6.95. The highest BCUT2D eigenvalue weighted by molar-refractivity contribution is 5.76. The van der Waals surface area contributed by atoms with E-state index in [1.54, 1.807) is 0 Å². The highest BCUT2D eigenvalue weighted by Gasteiger charge is 2.53. The standard InChI is InChI=1S/C36H67NO18/c1-3-5-7-9-11-13-20(41)19(37-24(42)14-12-10-8-6-4-2)18-50-34-30(48)27(45)32(22(16-39)52-34)55-36-31(49)28(46)33(23(17-40)53-36)54-35-29(47)26(44)25(43)21(15-38)51-35/h19-23,25-36,38-41,43-49H,3-18H2,1-2H3,(H,37,42). The summed E-state index contributed by atoms with van der Waals surface area (Å²) in [4.78, 5) is 12.8. The molecule has 324 valence electrons. The van der Waals surface area contributed by atoms with Gasteiger partial charge in [-0.05, 0) is 12.8 Å². The van der Waals surface area contributed by atoms with E-state index in [0.717, 1.165) is 57.8 Å². The van der Waals surface area contributed by atoms with Gasteiger partial charge in [-0.2, -0.15) is 0 Å². The van der Waals surface area contributed by atoms with Crippen molar-refractivity contribution in [2.75, 3.05) is 26.4 Å². The summed E-state index contributed by atoms with van der Waals surface area (Å²) >= 11 is 0. The Bertz CT molecular complexity index is 1060. The summed E-state index contributed by atoms with van der Waals surface area (Å²) < 4.78 is 33.7. The highest BCUT2D eigenvalue weighted by Crippen LogP contribution is 2.32. The molecular formula is C36H67NO18. The van der Waals surface area contributed by atoms with Crippen molar-refractivity contribution in [3.8, 4) is 0 Å². The van der Waals surface area contributed by atoms with Crippen LogP contribution in [-0.4, -0.2) is 193 Å². The van der Waals surface area contributed by atoms with Crippen LogP contribution in [0.5, 0.6) is 0 Å². The largest absolute Gasteiger partial charge is 0.394 e. The first-order valence-corrected chi connectivity index (χ1v) is 19.8. The molecule has 19 nitrogen and oxygen atoms in total. The molecule has 3 saturated heterocycles. The summed E-state index contributed by atoms with van der Waals surface area (Å²) in [7, 11) is 0. The second-order valence-electron chi connectivity index (χ2n) is 14.8. The molecule has 0 bridgehead atoms. The van der Waals surface area contributed by atoms with Gasteiger partial charge < -0.3 is 89.9 Å². The van der Waals surface area contributed by atoms with Crippen molar-refractivity contribution in [3.63, 3.8) is 0 Å². The van der Waals surface area contributed by atoms with Gasteiger partial charge in [0.2, 0.25) is 5.91 Å². The van der Waals surface area contributed by atoms with Crippen LogP contribution in [0.2, 0.25) is 0 Å². The van der Waals surface area contributed by atoms with Gasteiger partial charge in [-0.25, -0.2) is 0 Å². The summed E-state index contributed by atoms with van der Waals surface area (Å²) in [5.74, 6) is -0.266. The molecule has 17 atom stereocenters. The quantitative estimate of drug-likeness (QED) is 0.0434. The number of nitrogens with one attached hydrogen (secondary N) is 1. The Kier molecular flexibility index (Phi) is 21.6. The zero-order chi connectivity index (χ0) is 40.7. The molecule has 19 heteroatoms. The summed E-state index contributed by atoms with van der Waals surface area (Å²) in [6.45, 7) is 1.50. The van der Waals surface area contributed by atoms with E-state index in [1.165, 1.54) is 0 Å². The molecule has 3 fully saturated rings. The van der Waals surface area contributed by atoms with Gasteiger partial charge >= 0.3 is 0 Å². The fraction of sp³-hybridized carbons (Fsp3) is 0.972. The molecule has 55 heavy (non-hydrogen) atoms. The molecule has 0 spiro atoms. The van der Waals surface area contributed by atoms with Crippen molar-refractivity contribution in [2.45, 2.75) is 195 Å². The molecule has 3 heterocycles. The van der Waals surface area contributed by atoms with E-state index in [0.29, 0.717) is 12.8 Å². The van der Waals surface area contributed by atoms with E-state index in [9.17, 15) is 61.0 Å². The molecule has 3 aliphatic rings. The van der Waals surface area contributed by atoms with E-state index < -0.39 is 124 Å². The second kappa shape index (κ2) is 24.7. The van der Waals surface area contributed by atoms with Crippen molar-refractivity contribution in [1.82, 2.24) is 5.32 Å². The van der Waals surface area contributed by atoms with Gasteiger partial charge in [-0.3, -0.25) is 4.79 Å². The van der Waals surface area contributed by atoms with E-state index >= 15 is 0 Å². The number of carbonyl (C=O) groups excluding carboxylic acids is 1. The third-order valence-corrected chi connectivity index (χ3v) is 10.4. The summed E-state index contributed by atoms with van der Waals surface area (Å²) in [6, 6.07) is -0.871. The Morgan fingerprint density at radius 1 is 0.582 bits per heavy atom. The van der Waals surface area contributed by atoms with Gasteiger partial charge in [0, 0.05) is 6.42 Å². The number of rotatable bonds is 24. The lowest BCUT2D eigenvalue weighted by atomic mass is 9.96. The Hall–Kier alpha value is -1.21. The zero-order valence-corrected chi connectivity index (χ0v) is 31.9. The van der Waals surface area contributed by atoms with Crippen molar-refractivity contribution in [1.29, 1.82) is 0 Å². The van der Waals surface area contributed by atoms with Gasteiger partial charge in [0.15, 0.2) is 18.9 Å². The summed E-state index contributed by atoms with van der Waals surface area (Å²) in [6.07, 6.45) is -16.2. The van der Waals surface area contributed by atoms with Crippen molar-refractivity contribution in [3.05, 3.63) is 0 Å². The molecule has 12 N–H and O–H groups in total. The number of amides is 1. The molecule has 1 amide bonds. The number of hydrogen-bond acceptors (Lipinski definition) is 18. The van der Waals surface area contributed by atoms with Crippen LogP contribution >= 0.6 is 0 Å². The predicted octanol–water partition coefficient (Wildman–Crippen LogP) is -2.98. The number of hydrogen-bond donors (Lipinski definition) is 12. The number of aliphatic hydroxyl groups is 11. The number of ether oxygens (including phenoxy) is 6. The number of aliphatic hydroxyl groups excluding tert-OH is 11. The van der Waals surface area contributed by atoms with Crippen LogP contribution in [0, 0.1) is 0 Å². The lowest BCUT2D eigenvalue weighted by Gasteiger charge is -2.48. The Morgan fingerprint density at radius 2 is 1.04 bits per heavy atom. The maximum atomic E-state index is 12.8. The van der Waals surface area contributed by atoms with Crippen molar-refractivity contribution in [2.24, 2.45) is 0 Å². The third-order valence-electron chi connectivity index (χ3n) is 10.4. The SMILES string of the molecule is CCCCCCCC(=O)NC(COC1OC(CO)C(OC2OC(CO)C(OC3OC(CO)C(O)C(O)C3O)C(O)C2O)C(O)C1O)C(O)CCCCCCC. The van der Waals surface area contributed by atoms with Crippen molar-refractivity contribution < 1.29 is 89.4 Å². The average Bonchev–Trinajstić information content (AvgIpc) is 3.18. The van der Waals surface area contributed by atoms with Crippen LogP contribution in [0.1, 0.15) is 90.9 Å². The van der Waals surface area contributed by atoms with Crippen LogP contribution in [0.15, 0.2) is 0 Å². The first-order valence-electron chi connectivity index (χ1n) is 19.8. The number of unbranched alkanes of at least 4 members (excludes halogenated alkanes) is 8. The molecule has 0 aromatic rings. The minimum absolute atomic E-state index is 0.262. The van der Waals surface area contributed by atoms with E-state index in [-0.39, 0.29) is 18.9 Å². The molecular weight excluding hydrogens is 734 g/mol. The first kappa shape index (κ1) is 48.2. The molecule has 0 aromatic carbocycles. The van der Waals surface area contributed by atoms with Gasteiger partial charge in [0.25, 0.3) is 0 Å². The topological polar surface area (TPSA) is 307 Å². The van der Waals surface area contributed by atoms with Crippen LogP contribution in [0.25, 0.3) is 0 Å². The second-order valence-corrected chi connectivity index (χ2v) is 14.8. The Balaban J connectivity index is 1.63. The van der Waals surface area contributed by atoms with E-state index in [2.05, 4.69) is 19.2 Å². The highest BCUT2D eigenvalue weighted by atomic mass is 16.8. The maximum absolute atomic E-state index is 12.8. The van der Waals surface area contributed by atoms with Crippen LogP contribution in [0.4, 0.5) is 0 Å². The normalized spacial score (nSPS) is 38.1. The molecule has 0 aliphatic carbocycles. The molecule has 3 rings (SSSR count). The minimum atomic E-state index is -1.96. The molecule has 3 aliphatic heterocycles. The van der Waals surface area contributed by atoms with Crippen LogP contribution in [0.3, 0.4) is 0 Å². The van der Waals surface area contributed by atoms with Crippen molar-refractivity contribution >= 4 is 5.91 Å². The minimum Gasteiger partial charge on any atom is -0.394 e. The number of carbonyl (C=O) groups is 1. The van der Waals surface area contributed by atoms with E-state index in [1.807, 2.05) is 0 Å². The average molecular weight is 802 g/mol. The third kappa shape index (κ3) is 13.7. The monoisotopic (exact) mass is 801 g/mol. The Labute approximate surface area is 322 Å². The molecule has 0 radical (unpaired) electrons. The smallest absolute Gasteiger partial charge is 0.220 e. The van der Waals surface area contributed by atoms with Gasteiger partial charge in [-0.15, -0.1) is 0 Å². The lowest BCUT2D eigenvalue weighted by Crippen LogP contribution is -2.66. The lowest BCUT2D eigenvalue weighted by molar-refractivity contribution is -0.379. The fourth-order valence-electron chi connectivity index (χ4n) is 6.95. The molecule has 17 unspecified atom stereocenters. The summed E-state index contributed by atoms with van der Waals surface area (Å²) in [5.41, 5.74) is 0. The molecule has 0 aromatic heterocycles. The summed E-state index contributed by atoms with van der Waals surface area (Å²) in [5, 5.41) is 118. The zero-order valence-electron chi connectivity index (χ0n) is 31.9. The van der Waals surface area contributed by atoms with Crippen LogP contribution in [-0.2, 0) is 33.2 Å². The van der Waals surface area contributed by atoms with Gasteiger partial charge in [0.05, 0.1) is 38.6 Å². The first-order chi connectivity index (χ1) is 26.3. The Morgan fingerprint density at radius 3 is 1.56 bits per heavy atom. The van der Waals surface area contributed by atoms with E-state index in [4.69, 9.17) is 28.4 Å². The predicted molar refractivity (Wildman–Crippen MR) is 190 cm³/mol. The molecule has 0 saturated carbocycles. The van der Waals surface area contributed by atoms with Gasteiger partial charge in [0.1, 0.15) is 73.2 Å².